The van der Waals surface area contributed by atoms with Crippen LogP contribution in [0.5, 0.6) is 0 Å². The highest BCUT2D eigenvalue weighted by Crippen LogP contribution is 2.41. The molecule has 2 rings (SSSR count). The van der Waals surface area contributed by atoms with Crippen molar-refractivity contribution < 1.29 is 14.4 Å². The number of carbonyl (C=O) groups excluding carboxylic acids is 1. The topological polar surface area (TPSA) is 47.9 Å². The monoisotopic (exact) mass is 195 g/mol. The van der Waals surface area contributed by atoms with Crippen LogP contribution in [0.15, 0.2) is 17.3 Å². The molecule has 0 aromatic rings. The van der Waals surface area contributed by atoms with Crippen LogP contribution in [0.4, 0.5) is 0 Å². The van der Waals surface area contributed by atoms with Crippen molar-refractivity contribution in [2.45, 2.75) is 26.4 Å². The first-order valence-corrected chi connectivity index (χ1v) is 4.77. The zero-order valence-electron chi connectivity index (χ0n) is 8.32. The molecule has 4 nitrogen and oxygen atoms in total. The van der Waals surface area contributed by atoms with Crippen molar-refractivity contribution in [3.63, 3.8) is 0 Å². The molecule has 2 aliphatic rings. The summed E-state index contributed by atoms with van der Waals surface area (Å²) in [5.41, 5.74) is -0.0505. The molecule has 0 saturated carbocycles. The largest absolute Gasteiger partial charge is 0.465 e. The Hall–Kier alpha value is -1.32. The standard InChI is InChI=1S/C10H13NO3/c1-3-13-9(12)10-6-4-5-8(10)14-11-7(10)2/h4,6,8H,3,5H2,1-2H3. The molecule has 14 heavy (non-hydrogen) atoms. The molecular formula is C10H13NO3. The van der Waals surface area contributed by atoms with Gasteiger partial charge in [0, 0.05) is 6.42 Å². The Balaban J connectivity index is 2.31. The molecule has 0 amide bonds. The van der Waals surface area contributed by atoms with Crippen molar-refractivity contribution in [1.82, 2.24) is 0 Å². The van der Waals surface area contributed by atoms with Gasteiger partial charge < -0.3 is 9.57 Å². The minimum Gasteiger partial charge on any atom is -0.465 e. The summed E-state index contributed by atoms with van der Waals surface area (Å²) in [6, 6.07) is 0. The number of fused-ring (bicyclic) bond motifs is 1. The van der Waals surface area contributed by atoms with Crippen LogP contribution in [0.2, 0.25) is 0 Å². The van der Waals surface area contributed by atoms with Crippen molar-refractivity contribution in [3.05, 3.63) is 12.2 Å². The van der Waals surface area contributed by atoms with E-state index in [4.69, 9.17) is 9.57 Å². The molecule has 0 N–H and O–H groups in total. The molecule has 1 aliphatic heterocycles. The van der Waals surface area contributed by atoms with Crippen molar-refractivity contribution >= 4 is 11.7 Å². The number of esters is 1. The second-order valence-electron chi connectivity index (χ2n) is 3.50. The van der Waals surface area contributed by atoms with Gasteiger partial charge in [-0.3, -0.25) is 4.79 Å². The maximum absolute atomic E-state index is 11.8. The molecule has 0 aromatic carbocycles. The molecular weight excluding hydrogens is 182 g/mol. The molecule has 0 radical (unpaired) electrons. The highest BCUT2D eigenvalue weighted by Gasteiger charge is 2.55. The second-order valence-corrected chi connectivity index (χ2v) is 3.50. The molecule has 0 fully saturated rings. The Kier molecular flexibility index (Phi) is 2.06. The van der Waals surface area contributed by atoms with E-state index in [1.54, 1.807) is 13.8 Å². The van der Waals surface area contributed by atoms with Gasteiger partial charge in [-0.15, -0.1) is 0 Å². The third-order valence-corrected chi connectivity index (χ3v) is 2.77. The first kappa shape index (κ1) is 9.24. The summed E-state index contributed by atoms with van der Waals surface area (Å²) in [6.45, 7) is 3.98. The van der Waals surface area contributed by atoms with Crippen LogP contribution in [0.3, 0.4) is 0 Å². The Morgan fingerprint density at radius 2 is 2.64 bits per heavy atom. The lowest BCUT2D eigenvalue weighted by atomic mass is 9.81. The Bertz CT molecular complexity index is 321. The van der Waals surface area contributed by atoms with Gasteiger partial charge in [0.05, 0.1) is 12.3 Å². The molecule has 2 atom stereocenters. The summed E-state index contributed by atoms with van der Waals surface area (Å²) >= 11 is 0. The minimum absolute atomic E-state index is 0.193. The molecule has 0 aromatic heterocycles. The number of ether oxygens (including phenoxy) is 1. The third-order valence-electron chi connectivity index (χ3n) is 2.77. The first-order valence-electron chi connectivity index (χ1n) is 4.77. The van der Waals surface area contributed by atoms with Gasteiger partial charge >= 0.3 is 5.97 Å². The number of oxime groups is 1. The number of carbonyl (C=O) groups is 1. The van der Waals surface area contributed by atoms with Crippen molar-refractivity contribution in [1.29, 1.82) is 0 Å². The van der Waals surface area contributed by atoms with Crippen LogP contribution in [-0.2, 0) is 14.4 Å². The minimum atomic E-state index is -0.740. The van der Waals surface area contributed by atoms with Crippen LogP contribution in [0.25, 0.3) is 0 Å². The molecule has 0 saturated heterocycles. The van der Waals surface area contributed by atoms with Crippen molar-refractivity contribution in [2.75, 3.05) is 6.61 Å². The maximum Gasteiger partial charge on any atom is 0.325 e. The van der Waals surface area contributed by atoms with E-state index in [0.717, 1.165) is 6.42 Å². The Morgan fingerprint density at radius 3 is 3.36 bits per heavy atom. The fraction of sp³-hybridized carbons (Fsp3) is 0.600. The van der Waals surface area contributed by atoms with Gasteiger partial charge in [0.15, 0.2) is 11.5 Å². The molecule has 76 valence electrons. The van der Waals surface area contributed by atoms with Crippen LogP contribution >= 0.6 is 0 Å². The van der Waals surface area contributed by atoms with Gasteiger partial charge in [0.1, 0.15) is 0 Å². The van der Waals surface area contributed by atoms with Gasteiger partial charge in [-0.1, -0.05) is 17.3 Å². The quantitative estimate of drug-likeness (QED) is 0.492. The van der Waals surface area contributed by atoms with Crippen LogP contribution in [0, 0.1) is 5.41 Å². The van der Waals surface area contributed by atoms with Gasteiger partial charge in [-0.25, -0.2) is 0 Å². The van der Waals surface area contributed by atoms with Crippen molar-refractivity contribution in [2.24, 2.45) is 10.6 Å². The molecule has 1 heterocycles. The molecule has 0 bridgehead atoms. The van der Waals surface area contributed by atoms with E-state index in [9.17, 15) is 4.79 Å². The van der Waals surface area contributed by atoms with Gasteiger partial charge in [-0.2, -0.15) is 0 Å². The summed E-state index contributed by atoms with van der Waals surface area (Å²) in [5, 5.41) is 3.86. The van der Waals surface area contributed by atoms with Gasteiger partial charge in [0.25, 0.3) is 0 Å². The normalized spacial score (nSPS) is 33.6. The number of hydrogen-bond donors (Lipinski definition) is 0. The third kappa shape index (κ3) is 0.997. The number of nitrogens with zero attached hydrogens (tertiary/aromatic N) is 1. The lowest BCUT2D eigenvalue weighted by Crippen LogP contribution is -2.42. The van der Waals surface area contributed by atoms with E-state index in [2.05, 4.69) is 5.16 Å². The molecule has 2 unspecified atom stereocenters. The molecule has 1 aliphatic carbocycles. The van der Waals surface area contributed by atoms with E-state index in [0.29, 0.717) is 12.3 Å². The predicted molar refractivity (Wildman–Crippen MR) is 50.8 cm³/mol. The zero-order valence-corrected chi connectivity index (χ0v) is 8.32. The maximum atomic E-state index is 11.8. The summed E-state index contributed by atoms with van der Waals surface area (Å²) < 4.78 is 5.05. The fourth-order valence-electron chi connectivity index (χ4n) is 1.97. The summed E-state index contributed by atoms with van der Waals surface area (Å²) in [4.78, 5) is 17.0. The zero-order chi connectivity index (χ0) is 10.2. The van der Waals surface area contributed by atoms with E-state index in [-0.39, 0.29) is 12.1 Å². The SMILES string of the molecule is CCOC(=O)C12C=CCC1ON=C2C. The summed E-state index contributed by atoms with van der Waals surface area (Å²) in [5.74, 6) is -0.252. The average Bonchev–Trinajstić information content (AvgIpc) is 2.68. The lowest BCUT2D eigenvalue weighted by molar-refractivity contribution is -0.152. The van der Waals surface area contributed by atoms with Gasteiger partial charge in [0.2, 0.25) is 0 Å². The van der Waals surface area contributed by atoms with Crippen LogP contribution in [0.1, 0.15) is 20.3 Å². The highest BCUT2D eigenvalue weighted by molar-refractivity contribution is 6.09. The van der Waals surface area contributed by atoms with Crippen LogP contribution in [-0.4, -0.2) is 24.4 Å². The van der Waals surface area contributed by atoms with Crippen LogP contribution < -0.4 is 0 Å². The number of hydrogen-bond acceptors (Lipinski definition) is 4. The van der Waals surface area contributed by atoms with Crippen molar-refractivity contribution in [3.8, 4) is 0 Å². The smallest absolute Gasteiger partial charge is 0.325 e. The highest BCUT2D eigenvalue weighted by atomic mass is 16.6. The Labute approximate surface area is 82.6 Å². The summed E-state index contributed by atoms with van der Waals surface area (Å²) in [7, 11) is 0. The second kappa shape index (κ2) is 3.12. The fourth-order valence-corrected chi connectivity index (χ4v) is 1.97. The first-order chi connectivity index (χ1) is 6.71. The van der Waals surface area contributed by atoms with E-state index in [1.807, 2.05) is 12.2 Å². The van der Waals surface area contributed by atoms with E-state index < -0.39 is 5.41 Å². The predicted octanol–water partition coefficient (Wildman–Crippen LogP) is 1.27. The lowest BCUT2D eigenvalue weighted by Gasteiger charge is -2.23. The average molecular weight is 195 g/mol. The van der Waals surface area contributed by atoms with E-state index in [1.165, 1.54) is 0 Å². The Morgan fingerprint density at radius 1 is 1.86 bits per heavy atom. The van der Waals surface area contributed by atoms with Gasteiger partial charge in [-0.05, 0) is 13.8 Å². The summed E-state index contributed by atoms with van der Waals surface area (Å²) in [6.07, 6.45) is 4.32. The molecule has 4 heteroatoms. The van der Waals surface area contributed by atoms with E-state index >= 15 is 0 Å². The molecule has 0 spiro atoms. The number of rotatable bonds is 2.